The summed E-state index contributed by atoms with van der Waals surface area (Å²) in [6.45, 7) is 9.64. The number of carbonyl (C=O) groups is 1. The highest BCUT2D eigenvalue weighted by molar-refractivity contribution is 5.75. The Labute approximate surface area is 148 Å². The van der Waals surface area contributed by atoms with Crippen LogP contribution in [0.4, 0.5) is 0 Å². The molecule has 0 aromatic heterocycles. The van der Waals surface area contributed by atoms with Gasteiger partial charge in [0.1, 0.15) is 0 Å². The van der Waals surface area contributed by atoms with Crippen LogP contribution >= 0.6 is 0 Å². The molecule has 0 aliphatic carbocycles. The standard InChI is InChI=1S/C18H39N5O/c1-21(2)11-7-10-20-18(24)8-3-5-12-22-14-16-23(17-15-22)13-6-4-9-19/h3-17,19H2,1-2H3,(H,20,24). The minimum atomic E-state index is 0.207. The quantitative estimate of drug-likeness (QED) is 0.480. The molecule has 6 nitrogen and oxygen atoms in total. The van der Waals surface area contributed by atoms with Gasteiger partial charge in [-0.05, 0) is 72.4 Å². The Bertz CT molecular complexity index is 317. The maximum absolute atomic E-state index is 11.8. The van der Waals surface area contributed by atoms with E-state index in [0.29, 0.717) is 6.42 Å². The van der Waals surface area contributed by atoms with Crippen LogP contribution < -0.4 is 11.1 Å². The van der Waals surface area contributed by atoms with Crippen LogP contribution in [-0.2, 0) is 4.79 Å². The van der Waals surface area contributed by atoms with Gasteiger partial charge < -0.3 is 25.8 Å². The third-order valence-corrected chi connectivity index (χ3v) is 4.63. The molecule has 1 saturated heterocycles. The molecule has 3 N–H and O–H groups in total. The maximum Gasteiger partial charge on any atom is 0.219 e. The summed E-state index contributed by atoms with van der Waals surface area (Å²) in [7, 11) is 4.11. The Morgan fingerprint density at radius 3 is 2.08 bits per heavy atom. The molecule has 6 heteroatoms. The number of nitrogens with zero attached hydrogens (tertiary/aromatic N) is 3. The normalized spacial score (nSPS) is 16.7. The molecule has 0 aromatic rings. The Morgan fingerprint density at radius 1 is 0.958 bits per heavy atom. The zero-order valence-electron chi connectivity index (χ0n) is 15.9. The van der Waals surface area contributed by atoms with Crippen molar-refractivity contribution in [3.05, 3.63) is 0 Å². The van der Waals surface area contributed by atoms with E-state index in [0.717, 1.165) is 51.9 Å². The summed E-state index contributed by atoms with van der Waals surface area (Å²) < 4.78 is 0. The van der Waals surface area contributed by atoms with Gasteiger partial charge in [-0.1, -0.05) is 0 Å². The van der Waals surface area contributed by atoms with E-state index in [1.165, 1.54) is 39.1 Å². The molecule has 1 fully saturated rings. The molecule has 0 unspecified atom stereocenters. The van der Waals surface area contributed by atoms with Crippen LogP contribution in [0.15, 0.2) is 0 Å². The van der Waals surface area contributed by atoms with Crippen molar-refractivity contribution in [1.82, 2.24) is 20.0 Å². The molecule has 0 radical (unpaired) electrons. The average Bonchev–Trinajstić information content (AvgIpc) is 2.57. The average molecular weight is 342 g/mol. The van der Waals surface area contributed by atoms with Crippen molar-refractivity contribution in [2.75, 3.05) is 73.0 Å². The summed E-state index contributed by atoms with van der Waals surface area (Å²) in [6, 6.07) is 0. The Hall–Kier alpha value is -0.690. The molecule has 0 bridgehead atoms. The second-order valence-electron chi connectivity index (χ2n) is 7.14. The van der Waals surface area contributed by atoms with Crippen LogP contribution in [0.3, 0.4) is 0 Å². The predicted molar refractivity (Wildman–Crippen MR) is 101 cm³/mol. The molecule has 1 amide bonds. The molecule has 1 heterocycles. The second kappa shape index (κ2) is 13.6. The molecule has 0 aromatic carbocycles. The maximum atomic E-state index is 11.8. The summed E-state index contributed by atoms with van der Waals surface area (Å²) in [4.78, 5) is 19.0. The summed E-state index contributed by atoms with van der Waals surface area (Å²) in [5, 5.41) is 3.01. The second-order valence-corrected chi connectivity index (χ2v) is 7.14. The smallest absolute Gasteiger partial charge is 0.219 e. The van der Waals surface area contributed by atoms with Crippen LogP contribution in [0.2, 0.25) is 0 Å². The number of unbranched alkanes of at least 4 members (excludes halogenated alkanes) is 2. The first-order chi connectivity index (χ1) is 11.6. The highest BCUT2D eigenvalue weighted by Crippen LogP contribution is 2.06. The fraction of sp³-hybridized carbons (Fsp3) is 0.944. The molecule has 142 valence electrons. The van der Waals surface area contributed by atoms with E-state index in [-0.39, 0.29) is 5.91 Å². The van der Waals surface area contributed by atoms with Crippen molar-refractivity contribution in [2.45, 2.75) is 38.5 Å². The minimum Gasteiger partial charge on any atom is -0.356 e. The first-order valence-corrected chi connectivity index (χ1v) is 9.68. The van der Waals surface area contributed by atoms with Crippen molar-refractivity contribution in [1.29, 1.82) is 0 Å². The molecule has 1 aliphatic rings. The van der Waals surface area contributed by atoms with Crippen LogP contribution in [0.1, 0.15) is 38.5 Å². The number of hydrogen-bond acceptors (Lipinski definition) is 5. The first-order valence-electron chi connectivity index (χ1n) is 9.68. The lowest BCUT2D eigenvalue weighted by Crippen LogP contribution is -2.46. The fourth-order valence-corrected chi connectivity index (χ4v) is 3.05. The van der Waals surface area contributed by atoms with Crippen molar-refractivity contribution in [2.24, 2.45) is 5.73 Å². The van der Waals surface area contributed by atoms with Gasteiger partial charge in [0.2, 0.25) is 5.91 Å². The van der Waals surface area contributed by atoms with Crippen molar-refractivity contribution >= 4 is 5.91 Å². The van der Waals surface area contributed by atoms with E-state index in [4.69, 9.17) is 5.73 Å². The summed E-state index contributed by atoms with van der Waals surface area (Å²) in [6.07, 6.45) is 6.17. The molecular weight excluding hydrogens is 302 g/mol. The number of carbonyl (C=O) groups excluding carboxylic acids is 1. The molecule has 24 heavy (non-hydrogen) atoms. The van der Waals surface area contributed by atoms with Crippen LogP contribution in [0.25, 0.3) is 0 Å². The highest BCUT2D eigenvalue weighted by atomic mass is 16.1. The fourth-order valence-electron chi connectivity index (χ4n) is 3.05. The highest BCUT2D eigenvalue weighted by Gasteiger charge is 2.15. The lowest BCUT2D eigenvalue weighted by Gasteiger charge is -2.34. The van der Waals surface area contributed by atoms with E-state index in [9.17, 15) is 4.79 Å². The number of rotatable bonds is 13. The van der Waals surface area contributed by atoms with E-state index in [1.807, 2.05) is 0 Å². The van der Waals surface area contributed by atoms with Crippen molar-refractivity contribution in [3.8, 4) is 0 Å². The van der Waals surface area contributed by atoms with Gasteiger partial charge in [-0.3, -0.25) is 4.79 Å². The van der Waals surface area contributed by atoms with Gasteiger partial charge in [0, 0.05) is 39.1 Å². The number of nitrogens with one attached hydrogen (secondary N) is 1. The Balaban J connectivity index is 1.94. The van der Waals surface area contributed by atoms with E-state index in [2.05, 4.69) is 34.1 Å². The SMILES string of the molecule is CN(C)CCCNC(=O)CCCCN1CCN(CCCCN)CC1. The van der Waals surface area contributed by atoms with Gasteiger partial charge in [0.05, 0.1) is 0 Å². The van der Waals surface area contributed by atoms with E-state index >= 15 is 0 Å². The lowest BCUT2D eigenvalue weighted by molar-refractivity contribution is -0.121. The van der Waals surface area contributed by atoms with E-state index < -0.39 is 0 Å². The largest absolute Gasteiger partial charge is 0.356 e. The minimum absolute atomic E-state index is 0.207. The lowest BCUT2D eigenvalue weighted by atomic mass is 10.2. The molecule has 1 rings (SSSR count). The monoisotopic (exact) mass is 341 g/mol. The van der Waals surface area contributed by atoms with Gasteiger partial charge in [0.15, 0.2) is 0 Å². The van der Waals surface area contributed by atoms with Gasteiger partial charge in [0.25, 0.3) is 0 Å². The third kappa shape index (κ3) is 11.0. The van der Waals surface area contributed by atoms with Crippen molar-refractivity contribution in [3.63, 3.8) is 0 Å². The van der Waals surface area contributed by atoms with Crippen LogP contribution in [0, 0.1) is 0 Å². The molecule has 0 saturated carbocycles. The molecule has 1 aliphatic heterocycles. The summed E-state index contributed by atoms with van der Waals surface area (Å²) >= 11 is 0. The third-order valence-electron chi connectivity index (χ3n) is 4.63. The Morgan fingerprint density at radius 2 is 1.54 bits per heavy atom. The first kappa shape index (κ1) is 21.4. The number of amides is 1. The topological polar surface area (TPSA) is 64.8 Å². The van der Waals surface area contributed by atoms with Gasteiger partial charge in [-0.25, -0.2) is 0 Å². The van der Waals surface area contributed by atoms with Crippen molar-refractivity contribution < 1.29 is 4.79 Å². The number of piperazine rings is 1. The molecular formula is C18H39N5O. The Kier molecular flexibility index (Phi) is 12.1. The molecule has 0 spiro atoms. The van der Waals surface area contributed by atoms with Gasteiger partial charge >= 0.3 is 0 Å². The van der Waals surface area contributed by atoms with Crippen LogP contribution in [-0.4, -0.2) is 93.6 Å². The van der Waals surface area contributed by atoms with Gasteiger partial charge in [-0.15, -0.1) is 0 Å². The summed E-state index contributed by atoms with van der Waals surface area (Å²) in [5.74, 6) is 0.207. The predicted octanol–water partition coefficient (Wildman–Crippen LogP) is 0.581. The summed E-state index contributed by atoms with van der Waals surface area (Å²) in [5.41, 5.74) is 5.54. The number of hydrogen-bond donors (Lipinski definition) is 2. The zero-order valence-corrected chi connectivity index (χ0v) is 15.9. The van der Waals surface area contributed by atoms with Crippen LogP contribution in [0.5, 0.6) is 0 Å². The zero-order chi connectivity index (χ0) is 17.6. The van der Waals surface area contributed by atoms with E-state index in [1.54, 1.807) is 0 Å². The number of nitrogens with two attached hydrogens (primary N) is 1. The van der Waals surface area contributed by atoms with Gasteiger partial charge in [-0.2, -0.15) is 0 Å². The molecule has 0 atom stereocenters.